The monoisotopic (exact) mass is 332 g/mol. The van der Waals surface area contributed by atoms with Gasteiger partial charge in [-0.15, -0.1) is 0 Å². The van der Waals surface area contributed by atoms with Crippen molar-refractivity contribution in [3.05, 3.63) is 83.9 Å². The van der Waals surface area contributed by atoms with Gasteiger partial charge in [-0.05, 0) is 66.4 Å². The fraction of sp³-hybridized carbons (Fsp3) is 0.217. The molecule has 3 aromatic rings. The molecule has 0 bridgehead atoms. The minimum Gasteiger partial charge on any atom is -0.356 e. The molecule has 0 saturated heterocycles. The van der Waals surface area contributed by atoms with Gasteiger partial charge in [-0.1, -0.05) is 62.4 Å². The highest BCUT2D eigenvalue weighted by atomic mass is 14.9. The lowest BCUT2D eigenvalue weighted by atomic mass is 10.00. The van der Waals surface area contributed by atoms with Gasteiger partial charge in [0.15, 0.2) is 0 Å². The van der Waals surface area contributed by atoms with Crippen LogP contribution in [0.5, 0.6) is 0 Å². The molecule has 0 aliphatic rings. The van der Waals surface area contributed by atoms with E-state index in [9.17, 15) is 0 Å². The summed E-state index contributed by atoms with van der Waals surface area (Å²) in [7, 11) is 0. The Morgan fingerprint density at radius 3 is 2.08 bits per heavy atom. The smallest absolute Gasteiger partial charge is 0.0390 e. The van der Waals surface area contributed by atoms with Crippen LogP contribution in [0.4, 0.5) is 11.4 Å². The topological polar surface area (TPSA) is 38.0 Å². The Balaban J connectivity index is 0.00000109. The lowest BCUT2D eigenvalue weighted by molar-refractivity contribution is 0.969. The first kappa shape index (κ1) is 18.8. The molecule has 3 aromatic carbocycles. The third-order valence-electron chi connectivity index (χ3n) is 4.00. The fourth-order valence-electron chi connectivity index (χ4n) is 2.72. The average molecular weight is 332 g/mol. The van der Waals surface area contributed by atoms with E-state index in [2.05, 4.69) is 79.0 Å². The molecule has 0 saturated carbocycles. The highest BCUT2D eigenvalue weighted by Gasteiger charge is 2.03. The molecule has 3 N–H and O–H groups in total. The molecule has 0 fully saturated rings. The Bertz CT molecular complexity index is 762. The molecular formula is C23H28N2. The van der Waals surface area contributed by atoms with Crippen LogP contribution in [0.15, 0.2) is 72.8 Å². The van der Waals surface area contributed by atoms with Gasteiger partial charge in [0.05, 0.1) is 0 Å². The van der Waals surface area contributed by atoms with Crippen molar-refractivity contribution in [3.63, 3.8) is 0 Å². The van der Waals surface area contributed by atoms with Crippen LogP contribution in [0.1, 0.15) is 25.0 Å². The van der Waals surface area contributed by atoms with Crippen molar-refractivity contribution in [2.75, 3.05) is 11.9 Å². The van der Waals surface area contributed by atoms with Gasteiger partial charge in [0, 0.05) is 11.4 Å². The maximum atomic E-state index is 5.59. The quantitative estimate of drug-likeness (QED) is 0.607. The number of rotatable bonds is 5. The molecule has 0 aromatic heterocycles. The summed E-state index contributed by atoms with van der Waals surface area (Å²) in [6.45, 7) is 6.83. The second kappa shape index (κ2) is 9.65. The van der Waals surface area contributed by atoms with Gasteiger partial charge in [-0.3, -0.25) is 0 Å². The van der Waals surface area contributed by atoms with E-state index in [1.807, 2.05) is 19.9 Å². The van der Waals surface area contributed by atoms with Crippen LogP contribution in [0.2, 0.25) is 0 Å². The van der Waals surface area contributed by atoms with Crippen LogP contribution >= 0.6 is 0 Å². The average Bonchev–Trinajstić information content (AvgIpc) is 2.67. The van der Waals surface area contributed by atoms with Gasteiger partial charge in [0.2, 0.25) is 0 Å². The molecule has 130 valence electrons. The molecule has 0 atom stereocenters. The molecule has 25 heavy (non-hydrogen) atoms. The zero-order valence-corrected chi connectivity index (χ0v) is 15.4. The van der Waals surface area contributed by atoms with Crippen molar-refractivity contribution in [3.8, 4) is 11.1 Å². The largest absolute Gasteiger partial charge is 0.356 e. The summed E-state index contributed by atoms with van der Waals surface area (Å²) >= 11 is 0. The third kappa shape index (κ3) is 5.20. The molecule has 0 unspecified atom stereocenters. The van der Waals surface area contributed by atoms with Gasteiger partial charge < -0.3 is 11.1 Å². The molecule has 0 aliphatic carbocycles. The van der Waals surface area contributed by atoms with Gasteiger partial charge in [-0.2, -0.15) is 0 Å². The zero-order chi connectivity index (χ0) is 18.1. The molecular weight excluding hydrogens is 304 g/mol. The van der Waals surface area contributed by atoms with Crippen LogP contribution in [-0.4, -0.2) is 6.54 Å². The summed E-state index contributed by atoms with van der Waals surface area (Å²) < 4.78 is 0. The molecule has 2 nitrogen and oxygen atoms in total. The van der Waals surface area contributed by atoms with E-state index in [1.165, 1.54) is 22.3 Å². The van der Waals surface area contributed by atoms with Crippen molar-refractivity contribution in [1.82, 2.24) is 0 Å². The number of hydrogen-bond donors (Lipinski definition) is 2. The van der Waals surface area contributed by atoms with E-state index in [0.717, 1.165) is 17.8 Å². The molecule has 2 heteroatoms. The van der Waals surface area contributed by atoms with Crippen LogP contribution in [0.3, 0.4) is 0 Å². The van der Waals surface area contributed by atoms with Crippen LogP contribution in [-0.2, 0) is 6.42 Å². The maximum absolute atomic E-state index is 5.59. The zero-order valence-electron chi connectivity index (χ0n) is 15.4. The summed E-state index contributed by atoms with van der Waals surface area (Å²) in [6, 6.07) is 25.4. The predicted molar refractivity (Wildman–Crippen MR) is 110 cm³/mol. The van der Waals surface area contributed by atoms with E-state index in [4.69, 9.17) is 5.73 Å². The molecule has 0 radical (unpaired) electrons. The maximum Gasteiger partial charge on any atom is 0.0390 e. The van der Waals surface area contributed by atoms with Gasteiger partial charge in [0.1, 0.15) is 0 Å². The number of hydrogen-bond acceptors (Lipinski definition) is 2. The van der Waals surface area contributed by atoms with E-state index in [1.54, 1.807) is 0 Å². The first-order valence-corrected chi connectivity index (χ1v) is 8.98. The van der Waals surface area contributed by atoms with E-state index in [0.29, 0.717) is 6.54 Å². The van der Waals surface area contributed by atoms with Crippen LogP contribution in [0.25, 0.3) is 11.1 Å². The van der Waals surface area contributed by atoms with Crippen molar-refractivity contribution >= 4 is 11.4 Å². The fourth-order valence-corrected chi connectivity index (χ4v) is 2.72. The Kier molecular flexibility index (Phi) is 7.24. The molecule has 0 aliphatic heterocycles. The van der Waals surface area contributed by atoms with E-state index in [-0.39, 0.29) is 0 Å². The van der Waals surface area contributed by atoms with E-state index < -0.39 is 0 Å². The van der Waals surface area contributed by atoms with Crippen molar-refractivity contribution < 1.29 is 0 Å². The molecule has 3 rings (SSSR count). The summed E-state index contributed by atoms with van der Waals surface area (Å²) in [4.78, 5) is 0. The standard InChI is InChI=1S/C21H22N2.C2H6/c1-16-7-10-20(15-21(16)18-5-3-2-4-6-18)23-19-11-8-17(9-12-19)13-14-22;1-2/h2-12,15,23H,13-14,22H2,1H3;1-2H3. The Labute approximate surface area is 151 Å². The predicted octanol–water partition coefficient (Wildman–Crippen LogP) is 5.93. The second-order valence-electron chi connectivity index (χ2n) is 5.76. The first-order chi connectivity index (χ1) is 12.3. The normalized spacial score (nSPS) is 9.92. The number of nitrogens with one attached hydrogen (secondary N) is 1. The van der Waals surface area contributed by atoms with Gasteiger partial charge in [0.25, 0.3) is 0 Å². The summed E-state index contributed by atoms with van der Waals surface area (Å²) in [5, 5.41) is 3.48. The minimum atomic E-state index is 0.686. The Hall–Kier alpha value is -2.58. The van der Waals surface area contributed by atoms with Crippen LogP contribution in [0, 0.1) is 6.92 Å². The highest BCUT2D eigenvalue weighted by Crippen LogP contribution is 2.28. The lowest BCUT2D eigenvalue weighted by Gasteiger charge is -2.12. The number of benzene rings is 3. The number of nitrogens with two attached hydrogens (primary N) is 1. The highest BCUT2D eigenvalue weighted by molar-refractivity contribution is 5.73. The van der Waals surface area contributed by atoms with Crippen molar-refractivity contribution in [2.24, 2.45) is 5.73 Å². The lowest BCUT2D eigenvalue weighted by Crippen LogP contribution is -2.02. The summed E-state index contributed by atoms with van der Waals surface area (Å²) in [5.74, 6) is 0. The third-order valence-corrected chi connectivity index (χ3v) is 4.00. The number of aryl methyl sites for hydroxylation is 1. The summed E-state index contributed by atoms with van der Waals surface area (Å²) in [6.07, 6.45) is 0.920. The molecule has 0 spiro atoms. The Morgan fingerprint density at radius 1 is 0.800 bits per heavy atom. The Morgan fingerprint density at radius 2 is 1.44 bits per heavy atom. The van der Waals surface area contributed by atoms with Crippen molar-refractivity contribution in [1.29, 1.82) is 0 Å². The molecule has 0 heterocycles. The number of anilines is 2. The van der Waals surface area contributed by atoms with Gasteiger partial charge in [-0.25, -0.2) is 0 Å². The minimum absolute atomic E-state index is 0.686. The molecule has 0 amide bonds. The second-order valence-corrected chi connectivity index (χ2v) is 5.76. The van der Waals surface area contributed by atoms with Gasteiger partial charge >= 0.3 is 0 Å². The SMILES string of the molecule is CC.Cc1ccc(Nc2ccc(CCN)cc2)cc1-c1ccccc1. The van der Waals surface area contributed by atoms with Crippen molar-refractivity contribution in [2.45, 2.75) is 27.2 Å². The van der Waals surface area contributed by atoms with Crippen LogP contribution < -0.4 is 11.1 Å². The van der Waals surface area contributed by atoms with E-state index >= 15 is 0 Å². The first-order valence-electron chi connectivity index (χ1n) is 8.98. The summed E-state index contributed by atoms with van der Waals surface area (Å²) in [5.41, 5.74) is 12.8.